The van der Waals surface area contributed by atoms with Crippen molar-refractivity contribution in [3.8, 4) is 0 Å². The van der Waals surface area contributed by atoms with E-state index in [1.165, 1.54) is 64.2 Å². The first-order valence-corrected chi connectivity index (χ1v) is 10.1. The molecular formula is C20H40KNO2. The number of aliphatic carboxylic acids is 1. The predicted molar refractivity (Wildman–Crippen MR) is 97.4 cm³/mol. The first-order chi connectivity index (χ1) is 11.2. The van der Waals surface area contributed by atoms with Crippen LogP contribution in [-0.2, 0) is 4.79 Å². The molecule has 0 amide bonds. The van der Waals surface area contributed by atoms with Gasteiger partial charge in [-0.2, -0.15) is 0 Å². The van der Waals surface area contributed by atoms with Crippen molar-refractivity contribution in [3.63, 3.8) is 0 Å². The van der Waals surface area contributed by atoms with Crippen LogP contribution in [0.1, 0.15) is 104 Å². The first-order valence-electron chi connectivity index (χ1n) is 10.1. The molecule has 0 saturated carbocycles. The Morgan fingerprint density at radius 1 is 0.750 bits per heavy atom. The summed E-state index contributed by atoms with van der Waals surface area (Å²) in [6.45, 7) is 8.24. The molecule has 3 nitrogen and oxygen atoms in total. The van der Waals surface area contributed by atoms with E-state index in [-0.39, 0.29) is 51.4 Å². The maximum Gasteiger partial charge on any atom is 1.00 e. The summed E-state index contributed by atoms with van der Waals surface area (Å²) in [5.74, 6) is -0.899. The Morgan fingerprint density at radius 2 is 1.12 bits per heavy atom. The van der Waals surface area contributed by atoms with Gasteiger partial charge in [-0.3, -0.25) is 4.90 Å². The zero-order valence-corrected chi connectivity index (χ0v) is 20.1. The van der Waals surface area contributed by atoms with Crippen molar-refractivity contribution < 1.29 is 61.3 Å². The average Bonchev–Trinajstić information content (AvgIpc) is 2.53. The van der Waals surface area contributed by atoms with Gasteiger partial charge >= 0.3 is 51.4 Å². The Balaban J connectivity index is 0. The van der Waals surface area contributed by atoms with Crippen LogP contribution in [0, 0.1) is 0 Å². The van der Waals surface area contributed by atoms with Crippen molar-refractivity contribution in [1.82, 2.24) is 4.90 Å². The number of carboxylic acid groups (broad SMARTS) is 1. The molecule has 0 spiro atoms. The van der Waals surface area contributed by atoms with Gasteiger partial charge in [0.25, 0.3) is 0 Å². The fourth-order valence-corrected chi connectivity index (χ4v) is 3.19. The number of unbranched alkanes of at least 4 members (excludes halogenated alkanes) is 10. The quantitative estimate of drug-likeness (QED) is 0.290. The molecular weight excluding hydrogens is 325 g/mol. The maximum absolute atomic E-state index is 11.4. The molecule has 0 aromatic carbocycles. The van der Waals surface area contributed by atoms with E-state index in [0.717, 1.165) is 25.9 Å². The van der Waals surface area contributed by atoms with Gasteiger partial charge in [0, 0.05) is 6.04 Å². The number of hydrogen-bond donors (Lipinski definition) is 0. The normalized spacial score (nSPS) is 12.2. The summed E-state index contributed by atoms with van der Waals surface area (Å²) in [6, 6.07) is -0.402. The third-order valence-electron chi connectivity index (χ3n) is 4.70. The smallest absolute Gasteiger partial charge is 0.548 e. The van der Waals surface area contributed by atoms with Crippen LogP contribution in [0.3, 0.4) is 0 Å². The van der Waals surface area contributed by atoms with Crippen LogP contribution in [-0.4, -0.2) is 30.0 Å². The SMILES string of the molecule is CCCCCCCCN(CCCCCCCC)C(CC)C(=O)[O-].[K+]. The van der Waals surface area contributed by atoms with Gasteiger partial charge in [-0.1, -0.05) is 85.0 Å². The minimum Gasteiger partial charge on any atom is -0.548 e. The molecule has 1 unspecified atom stereocenters. The van der Waals surface area contributed by atoms with Gasteiger partial charge in [-0.25, -0.2) is 0 Å². The predicted octanol–water partition coefficient (Wildman–Crippen LogP) is 1.54. The van der Waals surface area contributed by atoms with E-state index in [4.69, 9.17) is 0 Å². The van der Waals surface area contributed by atoms with E-state index in [2.05, 4.69) is 18.7 Å². The molecule has 0 N–H and O–H groups in total. The molecule has 4 heteroatoms. The van der Waals surface area contributed by atoms with Crippen molar-refractivity contribution >= 4 is 5.97 Å². The molecule has 0 aliphatic rings. The van der Waals surface area contributed by atoms with E-state index in [9.17, 15) is 9.90 Å². The van der Waals surface area contributed by atoms with Crippen LogP contribution >= 0.6 is 0 Å². The van der Waals surface area contributed by atoms with E-state index in [1.54, 1.807) is 0 Å². The largest absolute Gasteiger partial charge is 1.00 e. The number of carboxylic acids is 1. The van der Waals surface area contributed by atoms with Crippen LogP contribution in [0.5, 0.6) is 0 Å². The maximum atomic E-state index is 11.4. The third-order valence-corrected chi connectivity index (χ3v) is 4.70. The molecule has 0 saturated heterocycles. The zero-order chi connectivity index (χ0) is 17.3. The minimum absolute atomic E-state index is 0. The van der Waals surface area contributed by atoms with Crippen molar-refractivity contribution in [2.75, 3.05) is 13.1 Å². The monoisotopic (exact) mass is 365 g/mol. The molecule has 24 heavy (non-hydrogen) atoms. The molecule has 138 valence electrons. The second-order valence-corrected chi connectivity index (χ2v) is 6.81. The molecule has 1 atom stereocenters. The van der Waals surface area contributed by atoms with E-state index in [0.29, 0.717) is 6.42 Å². The van der Waals surface area contributed by atoms with Gasteiger partial charge in [-0.05, 0) is 32.4 Å². The molecule has 0 aromatic heterocycles. The molecule has 0 radical (unpaired) electrons. The third kappa shape index (κ3) is 15.3. The van der Waals surface area contributed by atoms with Crippen molar-refractivity contribution in [3.05, 3.63) is 0 Å². The number of carbonyl (C=O) groups is 1. The minimum atomic E-state index is -0.899. The number of carbonyl (C=O) groups excluding carboxylic acids is 1. The second-order valence-electron chi connectivity index (χ2n) is 6.81. The van der Waals surface area contributed by atoms with E-state index < -0.39 is 12.0 Å². The van der Waals surface area contributed by atoms with Crippen LogP contribution in [0.15, 0.2) is 0 Å². The number of rotatable bonds is 17. The summed E-state index contributed by atoms with van der Waals surface area (Å²) in [5, 5.41) is 11.4. The summed E-state index contributed by atoms with van der Waals surface area (Å²) in [7, 11) is 0. The molecule has 0 rings (SSSR count). The number of hydrogen-bond acceptors (Lipinski definition) is 3. The fourth-order valence-electron chi connectivity index (χ4n) is 3.19. The summed E-state index contributed by atoms with van der Waals surface area (Å²) in [5.41, 5.74) is 0. The van der Waals surface area contributed by atoms with Gasteiger partial charge < -0.3 is 9.90 Å². The summed E-state index contributed by atoms with van der Waals surface area (Å²) in [4.78, 5) is 13.5. The van der Waals surface area contributed by atoms with E-state index >= 15 is 0 Å². The molecule has 0 aliphatic carbocycles. The molecule has 0 bridgehead atoms. The summed E-state index contributed by atoms with van der Waals surface area (Å²) >= 11 is 0. The van der Waals surface area contributed by atoms with Crippen LogP contribution in [0.25, 0.3) is 0 Å². The van der Waals surface area contributed by atoms with Crippen LogP contribution in [0.2, 0.25) is 0 Å². The Labute approximate surface area is 193 Å². The average molecular weight is 366 g/mol. The second kappa shape index (κ2) is 20.4. The molecule has 0 heterocycles. The fraction of sp³-hybridized carbons (Fsp3) is 0.950. The molecule has 0 fully saturated rings. The van der Waals surface area contributed by atoms with Crippen LogP contribution in [0.4, 0.5) is 0 Å². The van der Waals surface area contributed by atoms with Gasteiger partial charge in [0.05, 0.1) is 5.97 Å². The number of nitrogens with zero attached hydrogens (tertiary/aromatic N) is 1. The first kappa shape index (κ1) is 27.3. The van der Waals surface area contributed by atoms with Crippen molar-refractivity contribution in [1.29, 1.82) is 0 Å². The van der Waals surface area contributed by atoms with Crippen molar-refractivity contribution in [2.24, 2.45) is 0 Å². The van der Waals surface area contributed by atoms with E-state index in [1.807, 2.05) is 6.92 Å². The van der Waals surface area contributed by atoms with Crippen molar-refractivity contribution in [2.45, 2.75) is 110 Å². The topological polar surface area (TPSA) is 43.4 Å². The Kier molecular flexibility index (Phi) is 23.2. The molecule has 0 aromatic rings. The van der Waals surface area contributed by atoms with Gasteiger partial charge in [-0.15, -0.1) is 0 Å². The Morgan fingerprint density at radius 3 is 1.46 bits per heavy atom. The summed E-state index contributed by atoms with van der Waals surface area (Å²) < 4.78 is 0. The molecule has 0 aliphatic heterocycles. The van der Waals surface area contributed by atoms with Gasteiger partial charge in [0.15, 0.2) is 0 Å². The zero-order valence-electron chi connectivity index (χ0n) is 16.9. The van der Waals surface area contributed by atoms with Gasteiger partial charge in [0.2, 0.25) is 0 Å². The standard InChI is InChI=1S/C20H41NO2.K/c1-4-7-9-11-13-15-17-21(19(6-3)20(22)23)18-16-14-12-10-8-5-2;/h19H,4-18H2,1-3H3,(H,22,23);/q;+1/p-1. The summed E-state index contributed by atoms with van der Waals surface area (Å²) in [6.07, 6.45) is 15.7. The Hall–Kier alpha value is 1.07. The van der Waals surface area contributed by atoms with Gasteiger partial charge in [0.1, 0.15) is 0 Å². The Bertz CT molecular complexity index is 258. The van der Waals surface area contributed by atoms with Crippen LogP contribution < -0.4 is 56.5 Å².